The highest BCUT2D eigenvalue weighted by Gasteiger charge is 2.22. The molecule has 1 aromatic heterocycles. The van der Waals surface area contributed by atoms with Crippen molar-refractivity contribution in [2.45, 2.75) is 11.8 Å². The lowest BCUT2D eigenvalue weighted by molar-refractivity contribution is 0.314. The van der Waals surface area contributed by atoms with Gasteiger partial charge in [-0.15, -0.1) is 11.3 Å². The zero-order valence-corrected chi connectivity index (χ0v) is 12.4. The molecule has 0 fully saturated rings. The maximum Gasteiger partial charge on any atom is 0.242 e. The number of nitrogens with zero attached hydrogens (tertiary/aromatic N) is 1. The van der Waals surface area contributed by atoms with E-state index in [0.29, 0.717) is 0 Å². The highest BCUT2D eigenvalue weighted by molar-refractivity contribution is 7.89. The van der Waals surface area contributed by atoms with E-state index in [2.05, 4.69) is 9.88 Å². The zero-order chi connectivity index (χ0) is 13.9. The van der Waals surface area contributed by atoms with Crippen molar-refractivity contribution in [2.24, 2.45) is 16.8 Å². The predicted molar refractivity (Wildman–Crippen MR) is 72.1 cm³/mol. The molecule has 0 aliphatic heterocycles. The first-order chi connectivity index (χ1) is 8.27. The largest absolute Gasteiger partial charge is 0.409 e. The average molecular weight is 332 g/mol. The van der Waals surface area contributed by atoms with Crippen LogP contribution in [-0.4, -0.2) is 26.0 Å². The number of nitrogens with one attached hydrogen (secondary N) is 1. The van der Waals surface area contributed by atoms with Crippen LogP contribution in [0.5, 0.6) is 0 Å². The molecule has 10 heteroatoms. The van der Waals surface area contributed by atoms with Crippen LogP contribution in [0, 0.1) is 5.92 Å². The van der Waals surface area contributed by atoms with Crippen LogP contribution in [0.3, 0.4) is 0 Å². The molecule has 0 aliphatic carbocycles. The van der Waals surface area contributed by atoms with E-state index >= 15 is 0 Å². The lowest BCUT2D eigenvalue weighted by Crippen LogP contribution is -2.34. The first-order valence-electron chi connectivity index (χ1n) is 4.70. The molecule has 1 unspecified atom stereocenters. The van der Waals surface area contributed by atoms with Crippen LogP contribution in [0.4, 0.5) is 0 Å². The minimum atomic E-state index is -3.76. The second-order valence-electron chi connectivity index (χ2n) is 3.47. The Hall–Kier alpha value is -0.540. The molecule has 1 atom stereocenters. The first kappa shape index (κ1) is 15.5. The Balaban J connectivity index is 2.81. The Labute approximate surface area is 118 Å². The van der Waals surface area contributed by atoms with Gasteiger partial charge in [0.05, 0.1) is 4.34 Å². The summed E-state index contributed by atoms with van der Waals surface area (Å²) < 4.78 is 26.5. The van der Waals surface area contributed by atoms with Gasteiger partial charge in [-0.3, -0.25) is 0 Å². The Bertz CT molecular complexity index is 556. The number of amidine groups is 1. The lowest BCUT2D eigenvalue weighted by atomic mass is 10.2. The van der Waals surface area contributed by atoms with Crippen molar-refractivity contribution in [1.82, 2.24) is 4.72 Å². The maximum absolute atomic E-state index is 11.9. The summed E-state index contributed by atoms with van der Waals surface area (Å²) in [5.74, 6) is -0.509. The Morgan fingerprint density at radius 3 is 2.72 bits per heavy atom. The van der Waals surface area contributed by atoms with Gasteiger partial charge in [-0.2, -0.15) is 0 Å². The SMILES string of the molecule is CC(CNS(=O)(=O)c1cc(Cl)sc1Cl)C(N)=NO. The Morgan fingerprint density at radius 1 is 1.67 bits per heavy atom. The summed E-state index contributed by atoms with van der Waals surface area (Å²) in [6.45, 7) is 1.60. The normalized spacial score (nSPS) is 14.7. The molecule has 0 saturated carbocycles. The molecule has 1 aromatic rings. The van der Waals surface area contributed by atoms with Crippen molar-refractivity contribution < 1.29 is 13.6 Å². The van der Waals surface area contributed by atoms with Gasteiger partial charge in [0.25, 0.3) is 0 Å². The lowest BCUT2D eigenvalue weighted by Gasteiger charge is -2.10. The third kappa shape index (κ3) is 3.72. The number of thiophene rings is 1. The number of rotatable bonds is 5. The molecule has 102 valence electrons. The summed E-state index contributed by atoms with van der Waals surface area (Å²) >= 11 is 12.4. The number of hydrogen-bond donors (Lipinski definition) is 3. The third-order valence-corrected chi connectivity index (χ3v) is 5.29. The van der Waals surface area contributed by atoms with Crippen molar-refractivity contribution in [3.63, 3.8) is 0 Å². The molecule has 6 nitrogen and oxygen atoms in total. The van der Waals surface area contributed by atoms with E-state index in [4.69, 9.17) is 34.1 Å². The summed E-state index contributed by atoms with van der Waals surface area (Å²) in [7, 11) is -3.76. The van der Waals surface area contributed by atoms with Crippen LogP contribution in [0.2, 0.25) is 8.67 Å². The maximum atomic E-state index is 11.9. The molecule has 1 rings (SSSR count). The number of halogens is 2. The van der Waals surface area contributed by atoms with Crippen LogP contribution < -0.4 is 10.5 Å². The van der Waals surface area contributed by atoms with E-state index in [1.807, 2.05) is 0 Å². The highest BCUT2D eigenvalue weighted by Crippen LogP contribution is 2.34. The van der Waals surface area contributed by atoms with Gasteiger partial charge in [0.15, 0.2) is 0 Å². The molecule has 4 N–H and O–H groups in total. The van der Waals surface area contributed by atoms with Crippen LogP contribution in [-0.2, 0) is 10.0 Å². The quantitative estimate of drug-likeness (QED) is 0.330. The van der Waals surface area contributed by atoms with Gasteiger partial charge in [-0.1, -0.05) is 35.3 Å². The molecule has 0 aromatic carbocycles. The number of oxime groups is 1. The second kappa shape index (κ2) is 6.07. The molecule has 0 amide bonds. The first-order valence-corrected chi connectivity index (χ1v) is 7.75. The van der Waals surface area contributed by atoms with Crippen molar-refractivity contribution in [3.8, 4) is 0 Å². The van der Waals surface area contributed by atoms with Gasteiger partial charge in [-0.05, 0) is 6.07 Å². The van der Waals surface area contributed by atoms with Crippen LogP contribution in [0.15, 0.2) is 16.1 Å². The summed E-state index contributed by atoms with van der Waals surface area (Å²) in [4.78, 5) is -0.0779. The average Bonchev–Trinajstić information content (AvgIpc) is 2.65. The number of sulfonamides is 1. The van der Waals surface area contributed by atoms with Crippen molar-refractivity contribution in [2.75, 3.05) is 6.54 Å². The van der Waals surface area contributed by atoms with E-state index in [1.54, 1.807) is 6.92 Å². The van der Waals surface area contributed by atoms with E-state index in [9.17, 15) is 8.42 Å². The Kier molecular flexibility index (Phi) is 5.23. The van der Waals surface area contributed by atoms with E-state index in [0.717, 1.165) is 11.3 Å². The molecule has 0 saturated heterocycles. The van der Waals surface area contributed by atoms with Crippen molar-refractivity contribution in [1.29, 1.82) is 0 Å². The highest BCUT2D eigenvalue weighted by atomic mass is 35.5. The fraction of sp³-hybridized carbons (Fsp3) is 0.375. The van der Waals surface area contributed by atoms with Crippen molar-refractivity contribution in [3.05, 3.63) is 14.7 Å². The van der Waals surface area contributed by atoms with Crippen LogP contribution in [0.25, 0.3) is 0 Å². The van der Waals surface area contributed by atoms with Gasteiger partial charge in [-0.25, -0.2) is 13.1 Å². The number of hydrogen-bond acceptors (Lipinski definition) is 5. The fourth-order valence-electron chi connectivity index (χ4n) is 1.02. The Morgan fingerprint density at radius 2 is 2.28 bits per heavy atom. The van der Waals surface area contributed by atoms with E-state index < -0.39 is 15.9 Å². The van der Waals surface area contributed by atoms with Gasteiger partial charge in [0.2, 0.25) is 10.0 Å². The van der Waals surface area contributed by atoms with Crippen molar-refractivity contribution >= 4 is 50.4 Å². The second-order valence-corrected chi connectivity index (χ2v) is 7.49. The molecule has 0 bridgehead atoms. The number of nitrogens with two attached hydrogens (primary N) is 1. The summed E-state index contributed by atoms with van der Waals surface area (Å²) in [6.07, 6.45) is 0. The van der Waals surface area contributed by atoms with Crippen LogP contribution >= 0.6 is 34.5 Å². The van der Waals surface area contributed by atoms with E-state index in [-0.39, 0.29) is 25.9 Å². The van der Waals surface area contributed by atoms with Crippen LogP contribution in [0.1, 0.15) is 6.92 Å². The topological polar surface area (TPSA) is 105 Å². The molecule has 0 aliphatic rings. The molecular formula is C8H11Cl2N3O3S2. The molecule has 18 heavy (non-hydrogen) atoms. The molecule has 0 radical (unpaired) electrons. The molecular weight excluding hydrogens is 321 g/mol. The fourth-order valence-corrected chi connectivity index (χ4v) is 4.30. The predicted octanol–water partition coefficient (Wildman–Crippen LogP) is 1.72. The van der Waals surface area contributed by atoms with Gasteiger partial charge in [0.1, 0.15) is 15.1 Å². The standard InChI is InChI=1S/C8H11Cl2N3O3S2/c1-4(8(11)13-14)3-12-18(15,16)5-2-6(9)17-7(5)10/h2,4,12,14H,3H2,1H3,(H2,11,13). The minimum Gasteiger partial charge on any atom is -0.409 e. The molecule has 1 heterocycles. The third-order valence-electron chi connectivity index (χ3n) is 2.11. The smallest absolute Gasteiger partial charge is 0.242 e. The minimum absolute atomic E-state index is 0.0119. The zero-order valence-electron chi connectivity index (χ0n) is 9.22. The van der Waals surface area contributed by atoms with Gasteiger partial charge < -0.3 is 10.9 Å². The van der Waals surface area contributed by atoms with E-state index in [1.165, 1.54) is 6.07 Å². The molecule has 0 spiro atoms. The van der Waals surface area contributed by atoms with Gasteiger partial charge in [0, 0.05) is 12.5 Å². The summed E-state index contributed by atoms with van der Waals surface area (Å²) in [5, 5.41) is 11.2. The summed E-state index contributed by atoms with van der Waals surface area (Å²) in [6, 6.07) is 1.27. The summed E-state index contributed by atoms with van der Waals surface area (Å²) in [5.41, 5.74) is 5.34. The van der Waals surface area contributed by atoms with Gasteiger partial charge >= 0.3 is 0 Å². The monoisotopic (exact) mass is 331 g/mol.